The molecule has 1 fully saturated rings. The van der Waals surface area contributed by atoms with Crippen LogP contribution in [0.25, 0.3) is 11.1 Å². The first kappa shape index (κ1) is 27.4. The average molecular weight is 545 g/mol. The summed E-state index contributed by atoms with van der Waals surface area (Å²) >= 11 is 0. The maximum Gasteiger partial charge on any atom is 0.322 e. The Bertz CT molecular complexity index is 1520. The van der Waals surface area contributed by atoms with Crippen LogP contribution in [-0.2, 0) is 6.54 Å². The summed E-state index contributed by atoms with van der Waals surface area (Å²) in [6.07, 6.45) is 4.99. The molecule has 1 aliphatic carbocycles. The lowest BCUT2D eigenvalue weighted by Gasteiger charge is -2.37. The quantitative estimate of drug-likeness (QED) is 0.256. The van der Waals surface area contributed by atoms with Crippen molar-refractivity contribution < 1.29 is 9.59 Å². The van der Waals surface area contributed by atoms with E-state index in [0.717, 1.165) is 53.9 Å². The number of nitrogens with one attached hydrogen (secondary N) is 2. The molecule has 206 valence electrons. The monoisotopic (exact) mass is 544 g/mol. The average Bonchev–Trinajstić information content (AvgIpc) is 3.02. The van der Waals surface area contributed by atoms with E-state index in [1.54, 1.807) is 24.4 Å². The minimum absolute atomic E-state index is 0.0294. The van der Waals surface area contributed by atoms with Gasteiger partial charge in [0.2, 0.25) is 5.91 Å². The van der Waals surface area contributed by atoms with Gasteiger partial charge in [-0.3, -0.25) is 9.69 Å². The summed E-state index contributed by atoms with van der Waals surface area (Å²) < 4.78 is 0. The van der Waals surface area contributed by atoms with Crippen molar-refractivity contribution in [2.75, 3.05) is 10.2 Å². The van der Waals surface area contributed by atoms with Crippen molar-refractivity contribution in [1.82, 2.24) is 10.3 Å². The summed E-state index contributed by atoms with van der Waals surface area (Å²) in [6, 6.07) is 30.7. The number of amides is 3. The first-order valence-electron chi connectivity index (χ1n) is 13.7. The first-order chi connectivity index (χ1) is 20.0. The van der Waals surface area contributed by atoms with E-state index in [9.17, 15) is 9.59 Å². The number of hydrogen-bond acceptors (Lipinski definition) is 5. The molecule has 4 N–H and O–H groups in total. The highest BCUT2D eigenvalue weighted by atomic mass is 16.2. The molecule has 1 saturated carbocycles. The van der Waals surface area contributed by atoms with Crippen LogP contribution in [0.3, 0.4) is 0 Å². The van der Waals surface area contributed by atoms with Gasteiger partial charge in [-0.2, -0.15) is 5.26 Å². The molecule has 0 spiro atoms. The van der Waals surface area contributed by atoms with E-state index in [-0.39, 0.29) is 18.1 Å². The number of pyridine rings is 1. The van der Waals surface area contributed by atoms with Crippen molar-refractivity contribution >= 4 is 23.4 Å². The summed E-state index contributed by atoms with van der Waals surface area (Å²) in [7, 11) is 0. The second-order valence-corrected chi connectivity index (χ2v) is 10.2. The zero-order valence-electron chi connectivity index (χ0n) is 22.7. The fourth-order valence-corrected chi connectivity index (χ4v) is 5.25. The van der Waals surface area contributed by atoms with E-state index in [0.29, 0.717) is 17.7 Å². The summed E-state index contributed by atoms with van der Waals surface area (Å²) in [5, 5.41) is 15.6. The normalized spacial score (nSPS) is 16.3. The Labute approximate surface area is 239 Å². The van der Waals surface area contributed by atoms with Gasteiger partial charge < -0.3 is 16.4 Å². The largest absolute Gasteiger partial charge is 0.367 e. The Hall–Kier alpha value is -5.16. The van der Waals surface area contributed by atoms with E-state index in [2.05, 4.69) is 21.7 Å². The highest BCUT2D eigenvalue weighted by Crippen LogP contribution is 2.31. The lowest BCUT2D eigenvalue weighted by Crippen LogP contribution is -2.48. The molecule has 0 radical (unpaired) electrons. The lowest BCUT2D eigenvalue weighted by atomic mass is 9.89. The third-order valence-electron chi connectivity index (χ3n) is 7.44. The Balaban J connectivity index is 1.32. The van der Waals surface area contributed by atoms with Crippen molar-refractivity contribution in [3.8, 4) is 17.2 Å². The van der Waals surface area contributed by atoms with Gasteiger partial charge in [-0.05, 0) is 78.8 Å². The van der Waals surface area contributed by atoms with Gasteiger partial charge in [0.25, 0.3) is 0 Å². The molecule has 0 atom stereocenters. The number of hydrogen-bond donors (Lipinski definition) is 3. The predicted octanol–water partition coefficient (Wildman–Crippen LogP) is 5.86. The van der Waals surface area contributed by atoms with Gasteiger partial charge >= 0.3 is 6.03 Å². The van der Waals surface area contributed by atoms with Gasteiger partial charge in [0.1, 0.15) is 11.9 Å². The van der Waals surface area contributed by atoms with Crippen molar-refractivity contribution in [3.63, 3.8) is 0 Å². The number of carbonyl (C=O) groups excluding carboxylic acids is 2. The Morgan fingerprint density at radius 3 is 2.32 bits per heavy atom. The molecule has 8 heteroatoms. The number of rotatable bonds is 8. The molecular formula is C33H32N6O2. The summed E-state index contributed by atoms with van der Waals surface area (Å²) in [6.45, 7) is 0.440. The second kappa shape index (κ2) is 12.8. The van der Waals surface area contributed by atoms with E-state index < -0.39 is 5.91 Å². The summed E-state index contributed by atoms with van der Waals surface area (Å²) in [5.41, 5.74) is 10.1. The van der Waals surface area contributed by atoms with Crippen molar-refractivity contribution in [2.45, 2.75) is 44.3 Å². The number of nitrogens with zero attached hydrogens (tertiary/aromatic N) is 3. The summed E-state index contributed by atoms with van der Waals surface area (Å²) in [4.78, 5) is 31.5. The highest BCUT2D eigenvalue weighted by molar-refractivity contribution is 5.95. The Morgan fingerprint density at radius 1 is 0.902 bits per heavy atom. The Kier molecular flexibility index (Phi) is 8.55. The van der Waals surface area contributed by atoms with Gasteiger partial charge in [-0.25, -0.2) is 9.78 Å². The third kappa shape index (κ3) is 6.89. The van der Waals surface area contributed by atoms with Crippen LogP contribution >= 0.6 is 0 Å². The van der Waals surface area contributed by atoms with Gasteiger partial charge in [0, 0.05) is 36.1 Å². The van der Waals surface area contributed by atoms with E-state index >= 15 is 0 Å². The number of nitrogens with two attached hydrogens (primary N) is 1. The molecule has 0 bridgehead atoms. The van der Waals surface area contributed by atoms with Crippen molar-refractivity contribution in [2.24, 2.45) is 5.73 Å². The van der Waals surface area contributed by atoms with Crippen LogP contribution < -0.4 is 21.3 Å². The number of urea groups is 1. The zero-order valence-corrected chi connectivity index (χ0v) is 22.7. The molecule has 1 aliphatic rings. The lowest BCUT2D eigenvalue weighted by molar-refractivity contribution is 0.1000. The van der Waals surface area contributed by atoms with Crippen molar-refractivity contribution in [3.05, 3.63) is 114 Å². The molecule has 3 amide bonds. The van der Waals surface area contributed by atoms with E-state index in [4.69, 9.17) is 11.0 Å². The van der Waals surface area contributed by atoms with Crippen LogP contribution in [0.2, 0.25) is 0 Å². The van der Waals surface area contributed by atoms with Crippen LogP contribution in [-0.4, -0.2) is 29.0 Å². The standard InChI is InChI=1S/C33H32N6O2/c34-20-24-9-18-31(36-22-24)38-28-12-16-30(17-13-28)39(33(41)37-21-23-5-2-1-3-6-23)29-14-10-25(11-15-29)26-7-4-8-27(19-26)32(35)40/h1-11,14-15,18-19,22,28,30H,12-13,16-17,21H2,(H2,35,40)(H,36,38)(H,37,41). The minimum Gasteiger partial charge on any atom is -0.367 e. The maximum absolute atomic E-state index is 13.6. The maximum atomic E-state index is 13.6. The second-order valence-electron chi connectivity index (χ2n) is 10.2. The smallest absolute Gasteiger partial charge is 0.322 e. The predicted molar refractivity (Wildman–Crippen MR) is 160 cm³/mol. The van der Waals surface area contributed by atoms with E-state index in [1.807, 2.05) is 77.7 Å². The topological polar surface area (TPSA) is 124 Å². The van der Waals surface area contributed by atoms with Gasteiger partial charge in [0.05, 0.1) is 5.56 Å². The highest BCUT2D eigenvalue weighted by Gasteiger charge is 2.30. The number of benzene rings is 3. The molecule has 3 aromatic carbocycles. The van der Waals surface area contributed by atoms with Gasteiger partial charge in [-0.15, -0.1) is 0 Å². The fourth-order valence-electron chi connectivity index (χ4n) is 5.25. The molecule has 41 heavy (non-hydrogen) atoms. The van der Waals surface area contributed by atoms with Crippen LogP contribution in [0.1, 0.15) is 47.2 Å². The van der Waals surface area contributed by atoms with Crippen molar-refractivity contribution in [1.29, 1.82) is 5.26 Å². The molecule has 0 aliphatic heterocycles. The Morgan fingerprint density at radius 2 is 1.66 bits per heavy atom. The number of nitriles is 1. The first-order valence-corrected chi connectivity index (χ1v) is 13.7. The van der Waals surface area contributed by atoms with Gasteiger partial charge in [0.15, 0.2) is 0 Å². The molecule has 4 aromatic rings. The summed E-state index contributed by atoms with van der Waals surface area (Å²) in [5.74, 6) is 0.283. The number of aromatic nitrogens is 1. The molecule has 8 nitrogen and oxygen atoms in total. The number of carbonyl (C=O) groups is 2. The number of anilines is 2. The molecule has 5 rings (SSSR count). The zero-order chi connectivity index (χ0) is 28.6. The molecule has 1 heterocycles. The molecular weight excluding hydrogens is 512 g/mol. The third-order valence-corrected chi connectivity index (χ3v) is 7.44. The minimum atomic E-state index is -0.468. The molecule has 0 saturated heterocycles. The van der Waals surface area contributed by atoms with Crippen LogP contribution in [0.15, 0.2) is 97.2 Å². The van der Waals surface area contributed by atoms with Crippen LogP contribution in [0, 0.1) is 11.3 Å². The van der Waals surface area contributed by atoms with Crippen LogP contribution in [0.5, 0.6) is 0 Å². The van der Waals surface area contributed by atoms with Gasteiger partial charge in [-0.1, -0.05) is 54.6 Å². The van der Waals surface area contributed by atoms with Crippen LogP contribution in [0.4, 0.5) is 16.3 Å². The fraction of sp³-hybridized carbons (Fsp3) is 0.212. The molecule has 0 unspecified atom stereocenters. The molecule has 1 aromatic heterocycles. The SMILES string of the molecule is N#Cc1ccc(NC2CCC(N(C(=O)NCc3ccccc3)c3ccc(-c4cccc(C(N)=O)c4)cc3)CC2)nc1. The number of primary amides is 1. The van der Waals surface area contributed by atoms with E-state index in [1.165, 1.54) is 0 Å².